The van der Waals surface area contributed by atoms with Crippen molar-refractivity contribution in [3.63, 3.8) is 0 Å². The van der Waals surface area contributed by atoms with E-state index in [9.17, 15) is 0 Å². The topological polar surface area (TPSA) is 47.9 Å². The Kier molecular flexibility index (Phi) is 9.80. The van der Waals surface area contributed by atoms with Gasteiger partial charge in [-0.2, -0.15) is 0 Å². The number of hydrogen-bond donors (Lipinski definition) is 1. The molecule has 0 heterocycles. The number of aliphatic hydroxyl groups excluding tert-OH is 1. The molecule has 4 nitrogen and oxygen atoms in total. The molecule has 0 rings (SSSR count). The second kappa shape index (κ2) is 9.92. The molecule has 0 aliphatic heterocycles. The molecule has 0 unspecified atom stereocenters. The van der Waals surface area contributed by atoms with Gasteiger partial charge >= 0.3 is 0 Å². The van der Waals surface area contributed by atoms with Gasteiger partial charge in [-0.15, -0.1) is 0 Å². The van der Waals surface area contributed by atoms with Crippen LogP contribution in [0.3, 0.4) is 0 Å². The lowest BCUT2D eigenvalue weighted by atomic mass is 10.4. The summed E-state index contributed by atoms with van der Waals surface area (Å²) in [5.41, 5.74) is 0. The summed E-state index contributed by atoms with van der Waals surface area (Å²) in [6.07, 6.45) is 0.537. The van der Waals surface area contributed by atoms with Crippen molar-refractivity contribution in [3.8, 4) is 0 Å². The zero-order chi connectivity index (χ0) is 9.94. The van der Waals surface area contributed by atoms with E-state index in [2.05, 4.69) is 0 Å². The molecule has 4 heteroatoms. The van der Waals surface area contributed by atoms with Gasteiger partial charge in [0, 0.05) is 19.6 Å². The van der Waals surface area contributed by atoms with Crippen LogP contribution in [-0.2, 0) is 14.2 Å². The molecular weight excluding hydrogens is 172 g/mol. The molecule has 0 saturated heterocycles. The summed E-state index contributed by atoms with van der Waals surface area (Å²) in [6.45, 7) is 6.15. The van der Waals surface area contributed by atoms with Crippen molar-refractivity contribution in [1.29, 1.82) is 0 Å². The molecule has 80 valence electrons. The molecule has 0 bridgehead atoms. The van der Waals surface area contributed by atoms with E-state index >= 15 is 0 Å². The fourth-order valence-corrected chi connectivity index (χ4v) is 0.933. The highest BCUT2D eigenvalue weighted by Crippen LogP contribution is 2.00. The third kappa shape index (κ3) is 8.18. The lowest BCUT2D eigenvalue weighted by Gasteiger charge is -2.16. The molecule has 0 aromatic rings. The van der Waals surface area contributed by atoms with Gasteiger partial charge < -0.3 is 19.3 Å². The van der Waals surface area contributed by atoms with Gasteiger partial charge in [-0.25, -0.2) is 0 Å². The Bertz CT molecular complexity index is 91.6. The van der Waals surface area contributed by atoms with Gasteiger partial charge in [0.2, 0.25) is 0 Å². The molecule has 1 N–H and O–H groups in total. The first-order valence-electron chi connectivity index (χ1n) is 4.76. The van der Waals surface area contributed by atoms with E-state index in [1.54, 1.807) is 0 Å². The number of aliphatic hydroxyl groups is 1. The highest BCUT2D eigenvalue weighted by atomic mass is 16.7. The lowest BCUT2D eigenvalue weighted by Crippen LogP contribution is -2.19. The zero-order valence-corrected chi connectivity index (χ0v) is 8.49. The summed E-state index contributed by atoms with van der Waals surface area (Å²) in [6, 6.07) is 0. The summed E-state index contributed by atoms with van der Waals surface area (Å²) < 4.78 is 15.7. The van der Waals surface area contributed by atoms with Crippen LogP contribution in [0.25, 0.3) is 0 Å². The summed E-state index contributed by atoms with van der Waals surface area (Å²) in [7, 11) is 0. The number of rotatable bonds is 9. The third-order valence-electron chi connectivity index (χ3n) is 1.44. The van der Waals surface area contributed by atoms with Crippen molar-refractivity contribution in [1.82, 2.24) is 0 Å². The lowest BCUT2D eigenvalue weighted by molar-refractivity contribution is -0.147. The summed E-state index contributed by atoms with van der Waals surface area (Å²) in [5.74, 6) is 0. The Morgan fingerprint density at radius 2 is 1.69 bits per heavy atom. The summed E-state index contributed by atoms with van der Waals surface area (Å²) in [4.78, 5) is 0. The first-order chi connectivity index (χ1) is 6.35. The standard InChI is InChI=1S/C9H20O4/c1-3-12-9(13-4-2)5-7-11-8-6-10/h9-10H,3-8H2,1-2H3. The van der Waals surface area contributed by atoms with Gasteiger partial charge in [0.05, 0.1) is 19.8 Å². The Morgan fingerprint density at radius 1 is 1.08 bits per heavy atom. The van der Waals surface area contributed by atoms with Crippen LogP contribution < -0.4 is 0 Å². The van der Waals surface area contributed by atoms with E-state index in [1.807, 2.05) is 13.8 Å². The Balaban J connectivity index is 3.33. The quantitative estimate of drug-likeness (QED) is 0.433. The maximum Gasteiger partial charge on any atom is 0.159 e. The number of ether oxygens (including phenoxy) is 3. The molecule has 0 spiro atoms. The Morgan fingerprint density at radius 3 is 2.15 bits per heavy atom. The van der Waals surface area contributed by atoms with Crippen LogP contribution in [0.4, 0.5) is 0 Å². The van der Waals surface area contributed by atoms with Crippen LogP contribution >= 0.6 is 0 Å². The molecule has 0 aromatic heterocycles. The summed E-state index contributed by atoms with van der Waals surface area (Å²) >= 11 is 0. The molecule has 0 amide bonds. The van der Waals surface area contributed by atoms with Gasteiger partial charge in [-0.05, 0) is 13.8 Å². The second-order valence-electron chi connectivity index (χ2n) is 2.46. The highest BCUT2D eigenvalue weighted by molar-refractivity contribution is 4.44. The van der Waals surface area contributed by atoms with E-state index in [4.69, 9.17) is 19.3 Å². The van der Waals surface area contributed by atoms with Gasteiger partial charge in [0.25, 0.3) is 0 Å². The SMILES string of the molecule is CCOC(CCOCCO)OCC. The van der Waals surface area contributed by atoms with Gasteiger partial charge in [0.15, 0.2) is 6.29 Å². The largest absolute Gasteiger partial charge is 0.394 e. The minimum absolute atomic E-state index is 0.0634. The molecule has 0 aliphatic carbocycles. The summed E-state index contributed by atoms with van der Waals surface area (Å²) in [5, 5.41) is 8.45. The fraction of sp³-hybridized carbons (Fsp3) is 1.00. The van der Waals surface area contributed by atoms with Gasteiger partial charge in [-0.1, -0.05) is 0 Å². The van der Waals surface area contributed by atoms with Crippen LogP contribution in [0.1, 0.15) is 20.3 Å². The minimum atomic E-state index is -0.173. The predicted octanol–water partition coefficient (Wildman–Crippen LogP) is 0.784. The van der Waals surface area contributed by atoms with E-state index in [0.717, 1.165) is 0 Å². The molecule has 13 heavy (non-hydrogen) atoms. The maximum atomic E-state index is 8.45. The molecule has 0 radical (unpaired) electrons. The first kappa shape index (κ1) is 12.8. The molecule has 0 aliphatic rings. The third-order valence-corrected chi connectivity index (χ3v) is 1.44. The van der Waals surface area contributed by atoms with Crippen LogP contribution in [0.15, 0.2) is 0 Å². The van der Waals surface area contributed by atoms with Crippen molar-refractivity contribution < 1.29 is 19.3 Å². The first-order valence-corrected chi connectivity index (χ1v) is 4.76. The van der Waals surface area contributed by atoms with E-state index in [0.29, 0.717) is 32.8 Å². The van der Waals surface area contributed by atoms with Crippen LogP contribution in [0.2, 0.25) is 0 Å². The van der Waals surface area contributed by atoms with Crippen molar-refractivity contribution in [2.24, 2.45) is 0 Å². The molecule has 0 aromatic carbocycles. The van der Waals surface area contributed by atoms with Crippen molar-refractivity contribution >= 4 is 0 Å². The van der Waals surface area contributed by atoms with Crippen LogP contribution in [0.5, 0.6) is 0 Å². The monoisotopic (exact) mass is 192 g/mol. The zero-order valence-electron chi connectivity index (χ0n) is 8.49. The second-order valence-corrected chi connectivity index (χ2v) is 2.46. The fourth-order valence-electron chi connectivity index (χ4n) is 0.933. The van der Waals surface area contributed by atoms with Crippen LogP contribution in [0, 0.1) is 0 Å². The Hall–Kier alpha value is -0.160. The van der Waals surface area contributed by atoms with Gasteiger partial charge in [0.1, 0.15) is 0 Å². The molecule has 0 saturated carbocycles. The van der Waals surface area contributed by atoms with Gasteiger partial charge in [-0.3, -0.25) is 0 Å². The minimum Gasteiger partial charge on any atom is -0.394 e. The molecule has 0 atom stereocenters. The van der Waals surface area contributed by atoms with E-state index in [-0.39, 0.29) is 12.9 Å². The average molecular weight is 192 g/mol. The average Bonchev–Trinajstić information content (AvgIpc) is 2.13. The Labute approximate surface area is 79.8 Å². The maximum absolute atomic E-state index is 8.45. The van der Waals surface area contributed by atoms with Crippen molar-refractivity contribution in [2.45, 2.75) is 26.6 Å². The normalized spacial score (nSPS) is 11.1. The number of hydrogen-bond acceptors (Lipinski definition) is 4. The predicted molar refractivity (Wildman–Crippen MR) is 49.6 cm³/mol. The van der Waals surface area contributed by atoms with E-state index < -0.39 is 0 Å². The smallest absolute Gasteiger partial charge is 0.159 e. The highest BCUT2D eigenvalue weighted by Gasteiger charge is 2.06. The molecular formula is C9H20O4. The molecule has 0 fully saturated rings. The van der Waals surface area contributed by atoms with Crippen LogP contribution in [-0.4, -0.2) is 44.4 Å². The van der Waals surface area contributed by atoms with E-state index in [1.165, 1.54) is 0 Å². The van der Waals surface area contributed by atoms with Crippen molar-refractivity contribution in [2.75, 3.05) is 33.0 Å². The van der Waals surface area contributed by atoms with Crippen molar-refractivity contribution in [3.05, 3.63) is 0 Å².